The summed E-state index contributed by atoms with van der Waals surface area (Å²) in [6, 6.07) is 10.8. The van der Waals surface area contributed by atoms with E-state index in [1.54, 1.807) is 0 Å². The van der Waals surface area contributed by atoms with Gasteiger partial charge in [0.05, 0.1) is 0 Å². The second kappa shape index (κ2) is 5.64. The minimum absolute atomic E-state index is 0.242. The van der Waals surface area contributed by atoms with E-state index in [9.17, 15) is 0 Å². The summed E-state index contributed by atoms with van der Waals surface area (Å²) in [4.78, 5) is 4.49. The Morgan fingerprint density at radius 3 is 2.71 bits per heavy atom. The fourth-order valence-corrected chi connectivity index (χ4v) is 3.84. The number of benzene rings is 1. The smallest absolute Gasteiger partial charge is 0.145 e. The van der Waals surface area contributed by atoms with E-state index < -0.39 is 0 Å². The van der Waals surface area contributed by atoms with Crippen molar-refractivity contribution in [3.05, 3.63) is 36.5 Å². The molecule has 3 heteroatoms. The molecule has 3 nitrogen and oxygen atoms in total. The summed E-state index contributed by atoms with van der Waals surface area (Å²) in [5.41, 5.74) is 1.21. The summed E-state index contributed by atoms with van der Waals surface area (Å²) in [6.45, 7) is 4.54. The summed E-state index contributed by atoms with van der Waals surface area (Å²) >= 11 is 0. The molecule has 1 aliphatic carbocycles. The van der Waals surface area contributed by atoms with Crippen molar-refractivity contribution in [3.8, 4) is 5.75 Å². The zero-order valence-electron chi connectivity index (χ0n) is 13.1. The van der Waals surface area contributed by atoms with Crippen LogP contribution in [0.2, 0.25) is 0 Å². The van der Waals surface area contributed by atoms with E-state index in [1.807, 2.05) is 24.4 Å². The van der Waals surface area contributed by atoms with E-state index in [-0.39, 0.29) is 11.5 Å². The first-order chi connectivity index (χ1) is 10.2. The summed E-state index contributed by atoms with van der Waals surface area (Å²) in [7, 11) is 2.06. The number of para-hydroxylation sites is 1. The van der Waals surface area contributed by atoms with Crippen molar-refractivity contribution >= 4 is 10.9 Å². The molecule has 21 heavy (non-hydrogen) atoms. The first kappa shape index (κ1) is 14.3. The zero-order chi connectivity index (χ0) is 14.9. The van der Waals surface area contributed by atoms with E-state index in [2.05, 4.69) is 43.3 Å². The Hall–Kier alpha value is -1.61. The fourth-order valence-electron chi connectivity index (χ4n) is 3.84. The molecule has 3 rings (SSSR count). The third kappa shape index (κ3) is 2.20. The van der Waals surface area contributed by atoms with Crippen LogP contribution in [-0.4, -0.2) is 24.2 Å². The maximum atomic E-state index is 6.39. The Morgan fingerprint density at radius 2 is 2.00 bits per heavy atom. The third-order valence-electron chi connectivity index (χ3n) is 5.31. The van der Waals surface area contributed by atoms with Gasteiger partial charge in [-0.05, 0) is 32.0 Å². The second-order valence-electron chi connectivity index (χ2n) is 5.95. The van der Waals surface area contributed by atoms with Gasteiger partial charge < -0.3 is 10.1 Å². The van der Waals surface area contributed by atoms with Crippen LogP contribution in [0.1, 0.15) is 33.1 Å². The molecule has 0 aliphatic heterocycles. The van der Waals surface area contributed by atoms with Crippen LogP contribution in [0.5, 0.6) is 5.75 Å². The van der Waals surface area contributed by atoms with Crippen molar-refractivity contribution in [1.82, 2.24) is 10.3 Å². The minimum Gasteiger partial charge on any atom is -0.487 e. The molecule has 2 aromatic rings. The van der Waals surface area contributed by atoms with E-state index in [0.29, 0.717) is 6.04 Å². The largest absolute Gasteiger partial charge is 0.487 e. The molecule has 0 saturated heterocycles. The number of aromatic nitrogens is 1. The van der Waals surface area contributed by atoms with Crippen LogP contribution in [0.25, 0.3) is 10.9 Å². The molecule has 2 atom stereocenters. The number of rotatable bonds is 5. The van der Waals surface area contributed by atoms with Crippen molar-refractivity contribution in [1.29, 1.82) is 0 Å². The molecular weight excluding hydrogens is 260 g/mol. The molecule has 0 spiro atoms. The Balaban J connectivity index is 1.89. The Morgan fingerprint density at radius 1 is 1.24 bits per heavy atom. The number of ether oxygens (including phenoxy) is 1. The van der Waals surface area contributed by atoms with Gasteiger partial charge in [0, 0.05) is 29.5 Å². The van der Waals surface area contributed by atoms with Crippen LogP contribution in [0.4, 0.5) is 0 Å². The lowest BCUT2D eigenvalue weighted by Crippen LogP contribution is -2.63. The lowest BCUT2D eigenvalue weighted by atomic mass is 9.58. The lowest BCUT2D eigenvalue weighted by molar-refractivity contribution is -0.0829. The highest BCUT2D eigenvalue weighted by atomic mass is 16.5. The number of nitrogens with one attached hydrogen (secondary N) is 1. The minimum atomic E-state index is 0.242. The van der Waals surface area contributed by atoms with Gasteiger partial charge in [-0.25, -0.2) is 0 Å². The van der Waals surface area contributed by atoms with Crippen LogP contribution < -0.4 is 10.1 Å². The summed E-state index contributed by atoms with van der Waals surface area (Å²) in [5.74, 6) is 0.916. The summed E-state index contributed by atoms with van der Waals surface area (Å²) in [5, 5.41) is 4.59. The molecule has 112 valence electrons. The van der Waals surface area contributed by atoms with Gasteiger partial charge in [-0.15, -0.1) is 0 Å². The fraction of sp³-hybridized carbons (Fsp3) is 0.500. The van der Waals surface area contributed by atoms with Crippen molar-refractivity contribution < 1.29 is 4.74 Å². The number of hydrogen-bond acceptors (Lipinski definition) is 3. The monoisotopic (exact) mass is 284 g/mol. The molecule has 1 N–H and O–H groups in total. The molecule has 2 unspecified atom stereocenters. The second-order valence-corrected chi connectivity index (χ2v) is 5.95. The first-order valence-electron chi connectivity index (χ1n) is 7.92. The molecule has 0 amide bonds. The maximum absolute atomic E-state index is 6.39. The van der Waals surface area contributed by atoms with Gasteiger partial charge in [-0.1, -0.05) is 32.0 Å². The van der Waals surface area contributed by atoms with E-state index in [1.165, 1.54) is 0 Å². The quantitative estimate of drug-likeness (QED) is 0.907. The molecule has 1 heterocycles. The van der Waals surface area contributed by atoms with Crippen molar-refractivity contribution in [2.75, 3.05) is 7.05 Å². The summed E-state index contributed by atoms with van der Waals surface area (Å²) < 4.78 is 6.39. The topological polar surface area (TPSA) is 34.1 Å². The van der Waals surface area contributed by atoms with Gasteiger partial charge in [-0.2, -0.15) is 0 Å². The van der Waals surface area contributed by atoms with Crippen LogP contribution in [0, 0.1) is 5.41 Å². The van der Waals surface area contributed by atoms with Gasteiger partial charge >= 0.3 is 0 Å². The predicted octanol–water partition coefficient (Wildman–Crippen LogP) is 3.78. The van der Waals surface area contributed by atoms with E-state index in [4.69, 9.17) is 4.74 Å². The molecule has 1 saturated carbocycles. The van der Waals surface area contributed by atoms with E-state index in [0.717, 1.165) is 35.9 Å². The van der Waals surface area contributed by atoms with Gasteiger partial charge in [-0.3, -0.25) is 4.98 Å². The van der Waals surface area contributed by atoms with Gasteiger partial charge in [0.2, 0.25) is 0 Å². The van der Waals surface area contributed by atoms with Crippen LogP contribution >= 0.6 is 0 Å². The normalized spacial score (nSPS) is 23.8. The molecule has 0 radical (unpaired) electrons. The van der Waals surface area contributed by atoms with Crippen molar-refractivity contribution in [2.24, 2.45) is 5.41 Å². The number of hydrogen-bond donors (Lipinski definition) is 1. The highest BCUT2D eigenvalue weighted by Crippen LogP contribution is 2.49. The van der Waals surface area contributed by atoms with Crippen LogP contribution in [0.3, 0.4) is 0 Å². The molecule has 1 aromatic heterocycles. The number of fused-ring (bicyclic) bond motifs is 1. The maximum Gasteiger partial charge on any atom is 0.145 e. The predicted molar refractivity (Wildman–Crippen MR) is 86.6 cm³/mol. The number of pyridine rings is 1. The Kier molecular flexibility index (Phi) is 3.85. The number of nitrogens with zero attached hydrogens (tertiary/aromatic N) is 1. The third-order valence-corrected chi connectivity index (χ3v) is 5.31. The first-order valence-corrected chi connectivity index (χ1v) is 7.92. The van der Waals surface area contributed by atoms with E-state index >= 15 is 0 Å². The SMILES string of the molecule is CCC1(CC)C(NC)CC1Oc1cccc2cccnc12. The standard InChI is InChI=1S/C18H24N2O/c1-4-18(5-2)15(19-3)12-16(18)21-14-10-6-8-13-9-7-11-20-17(13)14/h6-11,15-16,19H,4-5,12H2,1-3H3. The lowest BCUT2D eigenvalue weighted by Gasteiger charge is -2.55. The average molecular weight is 284 g/mol. The van der Waals surface area contributed by atoms with Crippen LogP contribution in [0.15, 0.2) is 36.5 Å². The van der Waals surface area contributed by atoms with Gasteiger partial charge in [0.15, 0.2) is 0 Å². The van der Waals surface area contributed by atoms with Crippen molar-refractivity contribution in [2.45, 2.75) is 45.3 Å². The van der Waals surface area contributed by atoms with Crippen LogP contribution in [-0.2, 0) is 0 Å². The molecular formula is C18H24N2O. The van der Waals surface area contributed by atoms with Gasteiger partial charge in [0.25, 0.3) is 0 Å². The average Bonchev–Trinajstić information content (AvgIpc) is 2.52. The van der Waals surface area contributed by atoms with Crippen molar-refractivity contribution in [3.63, 3.8) is 0 Å². The summed E-state index contributed by atoms with van der Waals surface area (Å²) in [6.07, 6.45) is 5.45. The highest BCUT2D eigenvalue weighted by molar-refractivity contribution is 5.84. The zero-order valence-corrected chi connectivity index (χ0v) is 13.1. The Bertz CT molecular complexity index is 616. The molecule has 0 bridgehead atoms. The molecule has 1 fully saturated rings. The molecule has 1 aromatic carbocycles. The highest BCUT2D eigenvalue weighted by Gasteiger charge is 2.53. The Labute approximate surface area is 126 Å². The molecule has 1 aliphatic rings. The van der Waals surface area contributed by atoms with Gasteiger partial charge in [0.1, 0.15) is 17.4 Å².